The van der Waals surface area contributed by atoms with Gasteiger partial charge in [0.25, 0.3) is 11.1 Å². The van der Waals surface area contributed by atoms with E-state index in [4.69, 9.17) is 8.83 Å². The Labute approximate surface area is 138 Å². The quantitative estimate of drug-likeness (QED) is 0.530. The van der Waals surface area contributed by atoms with Crippen molar-refractivity contribution < 1.29 is 8.83 Å². The second kappa shape index (κ2) is 6.46. The van der Waals surface area contributed by atoms with Crippen LogP contribution in [0.2, 0.25) is 0 Å². The molecule has 21 heavy (non-hydrogen) atoms. The summed E-state index contributed by atoms with van der Waals surface area (Å²) in [5.41, 5.74) is 0.801. The molecule has 0 aliphatic rings. The third-order valence-corrected chi connectivity index (χ3v) is 5.54. The first-order valence-electron chi connectivity index (χ1n) is 6.44. The second-order valence-electron chi connectivity index (χ2n) is 4.93. The Bertz CT molecular complexity index is 754. The van der Waals surface area contributed by atoms with Crippen LogP contribution in [0, 0.1) is 5.92 Å². The van der Waals surface area contributed by atoms with E-state index in [2.05, 4.69) is 40.0 Å². The molecule has 0 bridgehead atoms. The van der Waals surface area contributed by atoms with E-state index >= 15 is 0 Å². The smallest absolute Gasteiger partial charge is 0.287 e. The van der Waals surface area contributed by atoms with Gasteiger partial charge >= 0.3 is 0 Å². The second-order valence-corrected chi connectivity index (χ2v) is 8.14. The minimum Gasteiger partial charge on any atom is -0.451 e. The van der Waals surface area contributed by atoms with Crippen LogP contribution >= 0.6 is 37.5 Å². The Hall–Kier alpha value is -0.920. The number of hydrogen-bond acceptors (Lipinski definition) is 6. The molecule has 0 saturated carbocycles. The molecule has 0 aliphatic heterocycles. The number of aromatic nitrogens is 2. The molecule has 0 unspecified atom stereocenters. The summed E-state index contributed by atoms with van der Waals surface area (Å²) in [6, 6.07) is 7.75. The van der Waals surface area contributed by atoms with E-state index in [-0.39, 0.29) is 0 Å². The number of nitrogens with zero attached hydrogens (tertiary/aromatic N) is 2. The molecule has 110 valence electrons. The zero-order chi connectivity index (χ0) is 14.8. The molecule has 7 heteroatoms. The van der Waals surface area contributed by atoms with Gasteiger partial charge in [-0.3, -0.25) is 0 Å². The number of halogens is 1. The Kier molecular flexibility index (Phi) is 4.61. The summed E-state index contributed by atoms with van der Waals surface area (Å²) < 4.78 is 12.4. The average Bonchev–Trinajstić information content (AvgIpc) is 3.03. The number of rotatable bonds is 5. The summed E-state index contributed by atoms with van der Waals surface area (Å²) in [6.45, 7) is 4.36. The third-order valence-electron chi connectivity index (χ3n) is 2.63. The van der Waals surface area contributed by atoms with Crippen molar-refractivity contribution in [2.24, 2.45) is 5.92 Å². The van der Waals surface area contributed by atoms with Crippen LogP contribution in [0.25, 0.3) is 22.6 Å². The maximum atomic E-state index is 5.73. The number of hydrogen-bond donors (Lipinski definition) is 0. The molecule has 0 amide bonds. The molecule has 0 fully saturated rings. The largest absolute Gasteiger partial charge is 0.451 e. The van der Waals surface area contributed by atoms with Crippen molar-refractivity contribution in [2.45, 2.75) is 19.1 Å². The fourth-order valence-electron chi connectivity index (χ4n) is 1.68. The van der Waals surface area contributed by atoms with Crippen molar-refractivity contribution in [1.29, 1.82) is 0 Å². The first-order valence-corrected chi connectivity index (χ1v) is 9.55. The Balaban J connectivity index is 1.78. The SMILES string of the molecule is CC(C)CSSc1nnc(-c2cc3cc(Br)ccc3o2)o1. The van der Waals surface area contributed by atoms with Gasteiger partial charge in [-0.2, -0.15) is 0 Å². The molecular formula is C14H13BrN2O2S2. The van der Waals surface area contributed by atoms with Gasteiger partial charge in [0.05, 0.1) is 0 Å². The molecule has 0 spiro atoms. The van der Waals surface area contributed by atoms with Crippen molar-refractivity contribution in [3.05, 3.63) is 28.7 Å². The third kappa shape index (κ3) is 3.64. The molecule has 3 rings (SSSR count). The normalized spacial score (nSPS) is 11.6. The molecule has 2 aromatic heterocycles. The van der Waals surface area contributed by atoms with E-state index in [0.29, 0.717) is 22.8 Å². The lowest BCUT2D eigenvalue weighted by Gasteiger charge is -1.99. The minimum absolute atomic E-state index is 0.412. The fraction of sp³-hybridized carbons (Fsp3) is 0.286. The maximum Gasteiger partial charge on any atom is 0.287 e. The van der Waals surface area contributed by atoms with Gasteiger partial charge < -0.3 is 8.83 Å². The summed E-state index contributed by atoms with van der Waals surface area (Å²) in [5.74, 6) is 2.69. The lowest BCUT2D eigenvalue weighted by molar-refractivity contribution is 0.453. The topological polar surface area (TPSA) is 52.1 Å². The molecule has 2 heterocycles. The molecule has 1 aromatic carbocycles. The molecule has 0 atom stereocenters. The van der Waals surface area contributed by atoms with Crippen LogP contribution in [0.4, 0.5) is 0 Å². The highest BCUT2D eigenvalue weighted by Crippen LogP contribution is 2.34. The zero-order valence-electron chi connectivity index (χ0n) is 11.5. The summed E-state index contributed by atoms with van der Waals surface area (Å²) in [4.78, 5) is 0. The number of fused-ring (bicyclic) bond motifs is 1. The van der Waals surface area contributed by atoms with Crippen LogP contribution in [-0.2, 0) is 0 Å². The van der Waals surface area contributed by atoms with Crippen LogP contribution < -0.4 is 0 Å². The molecule has 0 aliphatic carbocycles. The van der Waals surface area contributed by atoms with Crippen molar-refractivity contribution in [3.63, 3.8) is 0 Å². The fourth-order valence-corrected chi connectivity index (χ4v) is 4.22. The lowest BCUT2D eigenvalue weighted by Crippen LogP contribution is -1.87. The van der Waals surface area contributed by atoms with Gasteiger partial charge in [0.2, 0.25) is 0 Å². The molecule has 0 N–H and O–H groups in total. The lowest BCUT2D eigenvalue weighted by atomic mass is 10.2. The Morgan fingerprint density at radius 3 is 2.86 bits per heavy atom. The van der Waals surface area contributed by atoms with Crippen LogP contribution in [-0.4, -0.2) is 16.0 Å². The van der Waals surface area contributed by atoms with Crippen LogP contribution in [0.1, 0.15) is 13.8 Å². The van der Waals surface area contributed by atoms with E-state index in [0.717, 1.165) is 21.2 Å². The highest BCUT2D eigenvalue weighted by molar-refractivity contribution is 9.10. The van der Waals surface area contributed by atoms with Crippen molar-refractivity contribution in [3.8, 4) is 11.7 Å². The highest BCUT2D eigenvalue weighted by atomic mass is 79.9. The van der Waals surface area contributed by atoms with Gasteiger partial charge in [0, 0.05) is 26.4 Å². The van der Waals surface area contributed by atoms with Crippen LogP contribution in [0.3, 0.4) is 0 Å². The first kappa shape index (κ1) is 15.0. The summed E-state index contributed by atoms with van der Waals surface area (Å²) >= 11 is 3.44. The van der Waals surface area contributed by atoms with Crippen molar-refractivity contribution in [2.75, 3.05) is 5.75 Å². The number of benzene rings is 1. The predicted octanol–water partition coefficient (Wildman–Crippen LogP) is 5.64. The monoisotopic (exact) mass is 384 g/mol. The van der Waals surface area contributed by atoms with Crippen molar-refractivity contribution in [1.82, 2.24) is 10.2 Å². The van der Waals surface area contributed by atoms with Gasteiger partial charge in [-0.05, 0) is 30.2 Å². The van der Waals surface area contributed by atoms with E-state index in [9.17, 15) is 0 Å². The minimum atomic E-state index is 0.412. The molecule has 0 radical (unpaired) electrons. The highest BCUT2D eigenvalue weighted by Gasteiger charge is 2.14. The summed E-state index contributed by atoms with van der Waals surface area (Å²) in [6.07, 6.45) is 0. The Morgan fingerprint density at radius 1 is 1.19 bits per heavy atom. The molecular weight excluding hydrogens is 372 g/mol. The van der Waals surface area contributed by atoms with Gasteiger partial charge in [-0.1, -0.05) is 45.7 Å². The van der Waals surface area contributed by atoms with E-state index in [1.54, 1.807) is 10.8 Å². The van der Waals surface area contributed by atoms with Crippen molar-refractivity contribution >= 4 is 48.5 Å². The standard InChI is InChI=1S/C14H13BrN2O2S2/c1-8(2)7-20-21-14-17-16-13(19-14)12-6-9-5-10(15)3-4-11(9)18-12/h3-6,8H,7H2,1-2H3. The van der Waals surface area contributed by atoms with E-state index < -0.39 is 0 Å². The van der Waals surface area contributed by atoms with Crippen LogP contribution in [0.15, 0.2) is 42.8 Å². The maximum absolute atomic E-state index is 5.73. The molecule has 3 aromatic rings. The number of furan rings is 1. The van der Waals surface area contributed by atoms with Gasteiger partial charge in [0.15, 0.2) is 5.76 Å². The first-order chi connectivity index (χ1) is 10.1. The predicted molar refractivity (Wildman–Crippen MR) is 90.4 cm³/mol. The summed E-state index contributed by atoms with van der Waals surface area (Å²) in [5, 5.41) is 9.63. The van der Waals surface area contributed by atoms with Gasteiger partial charge in [0.1, 0.15) is 5.58 Å². The average molecular weight is 385 g/mol. The van der Waals surface area contributed by atoms with Gasteiger partial charge in [-0.25, -0.2) is 0 Å². The van der Waals surface area contributed by atoms with Gasteiger partial charge in [-0.15, -0.1) is 5.10 Å². The zero-order valence-corrected chi connectivity index (χ0v) is 14.7. The molecule has 0 saturated heterocycles. The summed E-state index contributed by atoms with van der Waals surface area (Å²) in [7, 11) is 3.21. The Morgan fingerprint density at radius 2 is 2.05 bits per heavy atom. The van der Waals surface area contributed by atoms with E-state index in [1.807, 2.05) is 24.3 Å². The van der Waals surface area contributed by atoms with E-state index in [1.165, 1.54) is 10.8 Å². The molecule has 4 nitrogen and oxygen atoms in total. The van der Waals surface area contributed by atoms with Crippen LogP contribution in [0.5, 0.6) is 0 Å².